The summed E-state index contributed by atoms with van der Waals surface area (Å²) in [6, 6.07) is 7.60. The Balaban J connectivity index is 1.66. The number of carbonyl (C=O) groups is 2. The molecule has 2 heterocycles. The molecule has 40 heavy (non-hydrogen) atoms. The van der Waals surface area contributed by atoms with E-state index >= 15 is 0 Å². The number of hydrogen-bond acceptors (Lipinski definition) is 4. The van der Waals surface area contributed by atoms with Gasteiger partial charge in [-0.05, 0) is 88.7 Å². The Bertz CT molecular complexity index is 1370. The maximum Gasteiger partial charge on any atom is 0.303 e. The van der Waals surface area contributed by atoms with Crippen LogP contribution in [0.3, 0.4) is 0 Å². The molecule has 1 amide bonds. The number of rotatable bonds is 9. The lowest BCUT2D eigenvalue weighted by molar-refractivity contribution is -0.137. The van der Waals surface area contributed by atoms with Crippen molar-refractivity contribution in [1.29, 1.82) is 0 Å². The Kier molecular flexibility index (Phi) is 10.1. The van der Waals surface area contributed by atoms with E-state index in [1.165, 1.54) is 11.1 Å². The average molecular weight is 560 g/mol. The lowest BCUT2D eigenvalue weighted by Gasteiger charge is -2.28. The fraction of sp³-hybridized carbons (Fsp3) is 0.394. The fourth-order valence-electron chi connectivity index (χ4n) is 5.47. The van der Waals surface area contributed by atoms with Gasteiger partial charge >= 0.3 is 5.97 Å². The van der Waals surface area contributed by atoms with Gasteiger partial charge in [0.1, 0.15) is 0 Å². The van der Waals surface area contributed by atoms with Gasteiger partial charge in [0, 0.05) is 35.2 Å². The first-order chi connectivity index (χ1) is 19.3. The summed E-state index contributed by atoms with van der Waals surface area (Å²) in [5.74, 6) is -0.752. The van der Waals surface area contributed by atoms with E-state index < -0.39 is 5.97 Å². The van der Waals surface area contributed by atoms with E-state index in [2.05, 4.69) is 26.0 Å². The number of allylic oxidation sites excluding steroid dienone is 3. The van der Waals surface area contributed by atoms with E-state index in [1.807, 2.05) is 54.3 Å². The standard InChI is InChI=1S/C33H38ClN3O3/c1-4-9-25-20-22(3)37(19-18-23(25)5-2)33(40)26-10-8-12-28-30(21-26)35-29(11-6-7-13-31(38)39)32(36-28)24-14-16-27(34)17-15-24/h4,8-9,12,14-17,21-22H,5-7,10-11,13,18-20H2,1-3H3,(H,38,39). The zero-order chi connectivity index (χ0) is 28.6. The summed E-state index contributed by atoms with van der Waals surface area (Å²) >= 11 is 6.13. The highest BCUT2D eigenvalue weighted by Gasteiger charge is 2.27. The topological polar surface area (TPSA) is 83.4 Å². The van der Waals surface area contributed by atoms with Crippen molar-refractivity contribution in [3.8, 4) is 11.3 Å². The summed E-state index contributed by atoms with van der Waals surface area (Å²) < 4.78 is 0. The lowest BCUT2D eigenvalue weighted by Crippen LogP contribution is -2.39. The first-order valence-corrected chi connectivity index (χ1v) is 14.6. The van der Waals surface area contributed by atoms with Crippen molar-refractivity contribution < 1.29 is 14.7 Å². The number of halogens is 1. The number of carbonyl (C=O) groups excluding carboxylic acids is 1. The van der Waals surface area contributed by atoms with E-state index in [9.17, 15) is 9.59 Å². The van der Waals surface area contributed by atoms with Crippen molar-refractivity contribution in [1.82, 2.24) is 14.9 Å². The van der Waals surface area contributed by atoms with Crippen LogP contribution in [-0.2, 0) is 16.0 Å². The Morgan fingerprint density at radius 1 is 1.15 bits per heavy atom. The molecule has 7 heteroatoms. The highest BCUT2D eigenvalue weighted by atomic mass is 35.5. The van der Waals surface area contributed by atoms with Crippen molar-refractivity contribution in [3.05, 3.63) is 81.3 Å². The second-order valence-electron chi connectivity index (χ2n) is 10.5. The van der Waals surface area contributed by atoms with Gasteiger partial charge in [-0.3, -0.25) is 9.59 Å². The molecule has 0 saturated heterocycles. The number of amides is 1. The summed E-state index contributed by atoms with van der Waals surface area (Å²) in [5, 5.41) is 9.70. The molecule has 4 rings (SSSR count). The number of carboxylic acid groups (broad SMARTS) is 1. The molecule has 1 aromatic carbocycles. The van der Waals surface area contributed by atoms with Gasteiger partial charge in [-0.25, -0.2) is 9.97 Å². The lowest BCUT2D eigenvalue weighted by atomic mass is 9.98. The van der Waals surface area contributed by atoms with Crippen molar-refractivity contribution >= 4 is 35.6 Å². The monoisotopic (exact) mass is 559 g/mol. The normalized spacial score (nSPS) is 17.4. The number of benzene rings is 1. The molecule has 1 unspecified atom stereocenters. The van der Waals surface area contributed by atoms with Gasteiger partial charge < -0.3 is 10.0 Å². The highest BCUT2D eigenvalue weighted by Crippen LogP contribution is 2.31. The predicted octanol–water partition coefficient (Wildman–Crippen LogP) is 7.69. The van der Waals surface area contributed by atoms with E-state index in [1.54, 1.807) is 0 Å². The molecule has 1 aliphatic heterocycles. The summed E-state index contributed by atoms with van der Waals surface area (Å²) in [6.07, 6.45) is 15.3. The number of hydrogen-bond donors (Lipinski definition) is 1. The third-order valence-electron chi connectivity index (χ3n) is 7.61. The number of carboxylic acids is 1. The molecule has 2 aliphatic rings. The van der Waals surface area contributed by atoms with Gasteiger partial charge in [0.15, 0.2) is 0 Å². The molecule has 1 atom stereocenters. The number of fused-ring (bicyclic) bond motifs is 1. The van der Waals surface area contributed by atoms with Crippen LogP contribution in [0.5, 0.6) is 0 Å². The maximum atomic E-state index is 13.9. The molecule has 210 valence electrons. The number of aromatic nitrogens is 2. The van der Waals surface area contributed by atoms with E-state index in [-0.39, 0.29) is 18.4 Å². The van der Waals surface area contributed by atoms with Crippen LogP contribution < -0.4 is 0 Å². The van der Waals surface area contributed by atoms with Gasteiger partial charge in [0.25, 0.3) is 0 Å². The fourth-order valence-corrected chi connectivity index (χ4v) is 5.59. The van der Waals surface area contributed by atoms with Crippen LogP contribution in [0.4, 0.5) is 0 Å². The van der Waals surface area contributed by atoms with Crippen LogP contribution in [0, 0.1) is 0 Å². The van der Waals surface area contributed by atoms with Crippen LogP contribution in [0.2, 0.25) is 5.02 Å². The van der Waals surface area contributed by atoms with Crippen LogP contribution >= 0.6 is 11.6 Å². The van der Waals surface area contributed by atoms with E-state index in [0.717, 1.165) is 41.9 Å². The number of aliphatic carboxylic acids is 1. The molecule has 0 radical (unpaired) electrons. The van der Waals surface area contributed by atoms with Crippen LogP contribution in [0.1, 0.15) is 82.8 Å². The van der Waals surface area contributed by atoms with Crippen molar-refractivity contribution in [2.45, 2.75) is 78.2 Å². The minimum atomic E-state index is -0.802. The molecule has 1 aliphatic carbocycles. The predicted molar refractivity (Wildman–Crippen MR) is 162 cm³/mol. The molecular weight excluding hydrogens is 522 g/mol. The first-order valence-electron chi connectivity index (χ1n) is 14.2. The summed E-state index contributed by atoms with van der Waals surface area (Å²) in [7, 11) is 0. The van der Waals surface area contributed by atoms with Gasteiger partial charge in [0.05, 0.1) is 22.8 Å². The molecule has 2 aromatic rings. The molecule has 0 fully saturated rings. The smallest absolute Gasteiger partial charge is 0.303 e. The molecule has 6 nitrogen and oxygen atoms in total. The summed E-state index contributed by atoms with van der Waals surface area (Å²) in [6.45, 7) is 7.06. The minimum absolute atomic E-state index is 0.0498. The summed E-state index contributed by atoms with van der Waals surface area (Å²) in [4.78, 5) is 36.9. The molecule has 0 bridgehead atoms. The van der Waals surface area contributed by atoms with Crippen LogP contribution in [0.15, 0.2) is 59.2 Å². The molecule has 0 spiro atoms. The second kappa shape index (κ2) is 13.7. The molecular formula is C33H38ClN3O3. The first kappa shape index (κ1) is 29.5. The quantitative estimate of drug-likeness (QED) is 0.318. The van der Waals surface area contributed by atoms with Crippen molar-refractivity contribution in [3.63, 3.8) is 0 Å². The molecule has 1 N–H and O–H groups in total. The Morgan fingerprint density at radius 3 is 2.62 bits per heavy atom. The third kappa shape index (κ3) is 7.16. The van der Waals surface area contributed by atoms with E-state index in [4.69, 9.17) is 26.7 Å². The van der Waals surface area contributed by atoms with Crippen LogP contribution in [-0.4, -0.2) is 44.4 Å². The number of aryl methyl sites for hydroxylation is 1. The van der Waals surface area contributed by atoms with Crippen molar-refractivity contribution in [2.75, 3.05) is 6.54 Å². The zero-order valence-electron chi connectivity index (χ0n) is 23.6. The Hall–Kier alpha value is -3.51. The van der Waals surface area contributed by atoms with Crippen LogP contribution in [0.25, 0.3) is 23.4 Å². The summed E-state index contributed by atoms with van der Waals surface area (Å²) in [5.41, 5.74) is 7.33. The molecule has 0 saturated carbocycles. The maximum absolute atomic E-state index is 13.9. The van der Waals surface area contributed by atoms with Crippen molar-refractivity contribution in [2.24, 2.45) is 0 Å². The average Bonchev–Trinajstić information content (AvgIpc) is 3.24. The van der Waals surface area contributed by atoms with Gasteiger partial charge in [-0.1, -0.05) is 54.5 Å². The Labute approximate surface area is 242 Å². The number of unbranched alkanes of at least 4 members (excludes halogenated alkanes) is 1. The molecule has 1 aromatic heterocycles. The zero-order valence-corrected chi connectivity index (χ0v) is 24.4. The van der Waals surface area contributed by atoms with E-state index in [0.29, 0.717) is 48.5 Å². The Morgan fingerprint density at radius 2 is 1.93 bits per heavy atom. The van der Waals surface area contributed by atoms with Gasteiger partial charge in [-0.15, -0.1) is 0 Å². The largest absolute Gasteiger partial charge is 0.481 e. The third-order valence-corrected chi connectivity index (χ3v) is 7.86. The van der Waals surface area contributed by atoms with Gasteiger partial charge in [-0.2, -0.15) is 0 Å². The number of nitrogens with zero attached hydrogens (tertiary/aromatic N) is 3. The highest BCUT2D eigenvalue weighted by molar-refractivity contribution is 6.30. The SMILES string of the molecule is CC=CC1=C(CC)CCN(C(=O)C2=Cc3nc(CCCCC(=O)O)c(-c4ccc(Cl)cc4)nc3C=CC2)C(C)C1. The van der Waals surface area contributed by atoms with Gasteiger partial charge in [0.2, 0.25) is 5.91 Å². The second-order valence-corrected chi connectivity index (χ2v) is 10.9. The minimum Gasteiger partial charge on any atom is -0.481 e.